The van der Waals surface area contributed by atoms with E-state index in [1.165, 1.54) is 39.0 Å². The van der Waals surface area contributed by atoms with E-state index in [1.54, 1.807) is 0 Å². The number of hydrogen-bond donors (Lipinski definition) is 0. The Balaban J connectivity index is 1.64. The number of fused-ring (bicyclic) bond motifs is 5. The molecule has 3 saturated carbocycles. The lowest BCUT2D eigenvalue weighted by molar-refractivity contribution is -0.148. The Morgan fingerprint density at radius 1 is 1.08 bits per heavy atom. The molecule has 0 aromatic rings. The molecular weight excluding hydrogens is 303 g/mol. The minimum Gasteiger partial charge on any atom is -0.462 e. The number of ether oxygens (including phenoxy) is 1. The van der Waals surface area contributed by atoms with Gasteiger partial charge in [0.25, 0.3) is 0 Å². The Morgan fingerprint density at radius 2 is 1.88 bits per heavy atom. The Kier molecular flexibility index (Phi) is 3.85. The zero-order valence-electron chi connectivity index (χ0n) is 15.4. The molecule has 24 heavy (non-hydrogen) atoms. The molecule has 3 fully saturated rings. The maximum Gasteiger partial charge on any atom is 0.302 e. The maximum absolute atomic E-state index is 15.2. The van der Waals surface area contributed by atoms with E-state index in [-0.39, 0.29) is 23.3 Å². The van der Waals surface area contributed by atoms with Crippen molar-refractivity contribution in [3.05, 3.63) is 11.4 Å². The number of carbonyl (C=O) groups is 1. The van der Waals surface area contributed by atoms with Crippen LogP contribution in [-0.2, 0) is 9.53 Å². The van der Waals surface area contributed by atoms with E-state index in [0.29, 0.717) is 36.0 Å². The van der Waals surface area contributed by atoms with Gasteiger partial charge in [-0.05, 0) is 72.7 Å². The standard InChI is InChI=1S/C21H31FO2/c1-13(23)24-14-6-10-21(3)17-7-9-20(2)8-4-5-16(20)15(17)12-19(22)18(21)11-14/h14-17H,4-12H2,1-3H3/t14-,15+,16+,17+,20+,21-/m1/s1. The number of hydrogen-bond acceptors (Lipinski definition) is 2. The SMILES string of the molecule is CC(=O)O[C@@H]1CC[C@@]2(C)C(=C(F)C[C@H]3[C@@H]4CCC[C@@]4(C)CC[C@@H]32)C1. The highest BCUT2D eigenvalue weighted by Gasteiger charge is 2.57. The van der Waals surface area contributed by atoms with Crippen LogP contribution in [0.5, 0.6) is 0 Å². The van der Waals surface area contributed by atoms with Crippen LogP contribution in [0.25, 0.3) is 0 Å². The summed E-state index contributed by atoms with van der Waals surface area (Å²) < 4.78 is 20.6. The highest BCUT2D eigenvalue weighted by molar-refractivity contribution is 5.66. The van der Waals surface area contributed by atoms with Gasteiger partial charge in [-0.15, -0.1) is 0 Å². The van der Waals surface area contributed by atoms with Crippen molar-refractivity contribution in [2.75, 3.05) is 0 Å². The Hall–Kier alpha value is -0.860. The molecule has 0 aromatic carbocycles. The lowest BCUT2D eigenvalue weighted by Crippen LogP contribution is -2.50. The van der Waals surface area contributed by atoms with Crippen LogP contribution in [0.4, 0.5) is 4.39 Å². The van der Waals surface area contributed by atoms with E-state index in [9.17, 15) is 4.79 Å². The summed E-state index contributed by atoms with van der Waals surface area (Å²) in [6.07, 6.45) is 9.53. The van der Waals surface area contributed by atoms with Gasteiger partial charge in [0.05, 0.1) is 0 Å². The van der Waals surface area contributed by atoms with Crippen LogP contribution in [0.2, 0.25) is 0 Å². The average Bonchev–Trinajstić information content (AvgIpc) is 2.90. The van der Waals surface area contributed by atoms with E-state index < -0.39 is 0 Å². The first kappa shape index (κ1) is 16.6. The van der Waals surface area contributed by atoms with E-state index in [1.807, 2.05) is 0 Å². The molecule has 4 aliphatic carbocycles. The van der Waals surface area contributed by atoms with Crippen LogP contribution in [0.3, 0.4) is 0 Å². The van der Waals surface area contributed by atoms with Gasteiger partial charge in [0.1, 0.15) is 11.9 Å². The molecule has 4 rings (SSSR count). The summed E-state index contributed by atoms with van der Waals surface area (Å²) in [5.74, 6) is 1.77. The molecule has 0 aliphatic heterocycles. The van der Waals surface area contributed by atoms with Crippen molar-refractivity contribution in [1.82, 2.24) is 0 Å². The fraction of sp³-hybridized carbons (Fsp3) is 0.857. The summed E-state index contributed by atoms with van der Waals surface area (Å²) in [5, 5.41) is 0. The average molecular weight is 334 g/mol. The summed E-state index contributed by atoms with van der Waals surface area (Å²) in [5.41, 5.74) is 1.44. The fourth-order valence-corrected chi connectivity index (χ4v) is 7.03. The van der Waals surface area contributed by atoms with Gasteiger partial charge in [-0.2, -0.15) is 0 Å². The highest BCUT2D eigenvalue weighted by atomic mass is 19.1. The molecule has 0 unspecified atom stereocenters. The molecule has 0 N–H and O–H groups in total. The molecule has 2 nitrogen and oxygen atoms in total. The summed E-state index contributed by atoms with van der Waals surface area (Å²) in [7, 11) is 0. The molecule has 6 atom stereocenters. The van der Waals surface area contributed by atoms with Gasteiger partial charge in [0.15, 0.2) is 0 Å². The lowest BCUT2D eigenvalue weighted by Gasteiger charge is -2.57. The van der Waals surface area contributed by atoms with Gasteiger partial charge in [0.2, 0.25) is 0 Å². The summed E-state index contributed by atoms with van der Waals surface area (Å²) in [4.78, 5) is 11.3. The lowest BCUT2D eigenvalue weighted by atomic mass is 9.48. The van der Waals surface area contributed by atoms with E-state index in [4.69, 9.17) is 4.74 Å². The van der Waals surface area contributed by atoms with Gasteiger partial charge in [-0.25, -0.2) is 4.39 Å². The second-order valence-electron chi connectivity index (χ2n) is 9.44. The summed E-state index contributed by atoms with van der Waals surface area (Å²) in [6.45, 7) is 6.22. The normalized spacial score (nSPS) is 47.7. The van der Waals surface area contributed by atoms with Gasteiger partial charge < -0.3 is 4.74 Å². The second kappa shape index (κ2) is 5.57. The second-order valence-corrected chi connectivity index (χ2v) is 9.44. The third-order valence-corrected chi connectivity index (χ3v) is 8.22. The zero-order chi connectivity index (χ0) is 17.1. The Morgan fingerprint density at radius 3 is 2.62 bits per heavy atom. The maximum atomic E-state index is 15.2. The molecule has 134 valence electrons. The number of allylic oxidation sites excluding steroid dienone is 1. The number of carbonyl (C=O) groups excluding carboxylic acids is 1. The predicted octanol–water partition coefficient (Wildman–Crippen LogP) is 5.57. The van der Waals surface area contributed by atoms with Crippen molar-refractivity contribution < 1.29 is 13.9 Å². The van der Waals surface area contributed by atoms with Crippen molar-refractivity contribution in [2.24, 2.45) is 28.6 Å². The van der Waals surface area contributed by atoms with Crippen LogP contribution in [0.1, 0.15) is 78.6 Å². The highest BCUT2D eigenvalue weighted by Crippen LogP contribution is 2.66. The first-order valence-electron chi connectivity index (χ1n) is 9.89. The predicted molar refractivity (Wildman–Crippen MR) is 91.9 cm³/mol. The third-order valence-electron chi connectivity index (χ3n) is 8.22. The number of rotatable bonds is 1. The zero-order valence-corrected chi connectivity index (χ0v) is 15.4. The minimum atomic E-state index is -0.238. The molecule has 3 heteroatoms. The minimum absolute atomic E-state index is 0.00638. The van der Waals surface area contributed by atoms with Crippen LogP contribution in [0, 0.1) is 28.6 Å². The van der Waals surface area contributed by atoms with Crippen molar-refractivity contribution in [2.45, 2.75) is 84.7 Å². The molecular formula is C21H31FO2. The van der Waals surface area contributed by atoms with Crippen molar-refractivity contribution in [3.8, 4) is 0 Å². The summed E-state index contributed by atoms with van der Waals surface area (Å²) >= 11 is 0. The topological polar surface area (TPSA) is 26.3 Å². The van der Waals surface area contributed by atoms with Crippen molar-refractivity contribution >= 4 is 5.97 Å². The molecule has 0 bridgehead atoms. The summed E-state index contributed by atoms with van der Waals surface area (Å²) in [6, 6.07) is 0. The van der Waals surface area contributed by atoms with Gasteiger partial charge in [-0.1, -0.05) is 20.3 Å². The molecule has 0 heterocycles. The van der Waals surface area contributed by atoms with Crippen LogP contribution in [0.15, 0.2) is 11.4 Å². The van der Waals surface area contributed by atoms with Gasteiger partial charge in [0, 0.05) is 19.8 Å². The largest absolute Gasteiger partial charge is 0.462 e. The smallest absolute Gasteiger partial charge is 0.302 e. The quantitative estimate of drug-likeness (QED) is 0.586. The number of esters is 1. The molecule has 0 radical (unpaired) electrons. The monoisotopic (exact) mass is 334 g/mol. The van der Waals surface area contributed by atoms with Crippen LogP contribution in [-0.4, -0.2) is 12.1 Å². The van der Waals surface area contributed by atoms with Crippen molar-refractivity contribution in [1.29, 1.82) is 0 Å². The Bertz CT molecular complexity index is 582. The first-order valence-corrected chi connectivity index (χ1v) is 9.89. The molecule has 0 amide bonds. The molecule has 0 spiro atoms. The molecule has 0 saturated heterocycles. The Labute approximate surface area is 145 Å². The van der Waals surface area contributed by atoms with E-state index >= 15 is 4.39 Å². The van der Waals surface area contributed by atoms with Gasteiger partial charge in [-0.3, -0.25) is 4.79 Å². The number of halogens is 1. The van der Waals surface area contributed by atoms with Crippen LogP contribution < -0.4 is 0 Å². The fourth-order valence-electron chi connectivity index (χ4n) is 7.03. The first-order chi connectivity index (χ1) is 11.3. The molecule has 0 aromatic heterocycles. The van der Waals surface area contributed by atoms with E-state index in [0.717, 1.165) is 18.4 Å². The van der Waals surface area contributed by atoms with Gasteiger partial charge >= 0.3 is 5.97 Å². The third kappa shape index (κ3) is 2.37. The van der Waals surface area contributed by atoms with Crippen LogP contribution >= 0.6 is 0 Å². The van der Waals surface area contributed by atoms with E-state index in [2.05, 4.69) is 13.8 Å². The molecule has 4 aliphatic rings. The van der Waals surface area contributed by atoms with Crippen molar-refractivity contribution in [3.63, 3.8) is 0 Å².